The fourth-order valence-electron chi connectivity index (χ4n) is 2.13. The van der Waals surface area contributed by atoms with Crippen molar-refractivity contribution in [3.8, 4) is 5.69 Å². The molecule has 0 aliphatic rings. The first kappa shape index (κ1) is 14.6. The average molecular weight is 273 g/mol. The molecule has 2 aromatic rings. The van der Waals surface area contributed by atoms with Crippen LogP contribution in [0.3, 0.4) is 0 Å². The van der Waals surface area contributed by atoms with Gasteiger partial charge in [-0.05, 0) is 37.5 Å². The van der Waals surface area contributed by atoms with Crippen LogP contribution in [-0.4, -0.2) is 29.8 Å². The van der Waals surface area contributed by atoms with E-state index in [1.165, 1.54) is 5.56 Å². The lowest BCUT2D eigenvalue weighted by Gasteiger charge is -2.10. The molecule has 0 spiro atoms. The van der Waals surface area contributed by atoms with Gasteiger partial charge < -0.3 is 10.1 Å². The molecule has 0 radical (unpaired) electrons. The van der Waals surface area contributed by atoms with Gasteiger partial charge in [-0.25, -0.2) is 4.98 Å². The van der Waals surface area contributed by atoms with Crippen molar-refractivity contribution >= 4 is 5.95 Å². The number of imidazole rings is 1. The van der Waals surface area contributed by atoms with Gasteiger partial charge in [-0.3, -0.25) is 4.57 Å². The molecule has 0 aliphatic carbocycles. The monoisotopic (exact) mass is 273 g/mol. The molecular weight excluding hydrogens is 250 g/mol. The Morgan fingerprint density at radius 2 is 2.00 bits per heavy atom. The Kier molecular flexibility index (Phi) is 5.18. The zero-order valence-corrected chi connectivity index (χ0v) is 12.5. The van der Waals surface area contributed by atoms with Gasteiger partial charge in [0.25, 0.3) is 0 Å². The van der Waals surface area contributed by atoms with Crippen molar-refractivity contribution in [1.82, 2.24) is 9.55 Å². The molecule has 0 fully saturated rings. The summed E-state index contributed by atoms with van der Waals surface area (Å²) in [5, 5.41) is 3.37. The Morgan fingerprint density at radius 3 is 2.65 bits per heavy atom. The number of aryl methyl sites for hydroxylation is 2. The van der Waals surface area contributed by atoms with Crippen LogP contribution in [0.5, 0.6) is 0 Å². The summed E-state index contributed by atoms with van der Waals surface area (Å²) in [5.74, 6) is 0.892. The number of ether oxygens (including phenoxy) is 1. The lowest BCUT2D eigenvalue weighted by molar-refractivity contribution is 0.197. The molecule has 4 heteroatoms. The van der Waals surface area contributed by atoms with Crippen molar-refractivity contribution in [3.63, 3.8) is 0 Å². The summed E-state index contributed by atoms with van der Waals surface area (Å²) >= 11 is 0. The molecule has 4 nitrogen and oxygen atoms in total. The Bertz CT molecular complexity index is 531. The third kappa shape index (κ3) is 3.61. The Balaban J connectivity index is 2.13. The molecule has 1 aromatic carbocycles. The summed E-state index contributed by atoms with van der Waals surface area (Å²) < 4.78 is 7.16. The second-order valence-corrected chi connectivity index (χ2v) is 4.87. The molecule has 0 aliphatic heterocycles. The maximum absolute atomic E-state index is 5.06. The summed E-state index contributed by atoms with van der Waals surface area (Å²) in [7, 11) is 1.72. The maximum atomic E-state index is 5.06. The Labute approximate surface area is 120 Å². The number of aromatic nitrogens is 2. The van der Waals surface area contributed by atoms with E-state index in [-0.39, 0.29) is 0 Å². The molecule has 0 saturated carbocycles. The molecular formula is C16H23N3O. The third-order valence-electron chi connectivity index (χ3n) is 3.26. The second kappa shape index (κ2) is 7.10. The predicted molar refractivity (Wildman–Crippen MR) is 82.7 cm³/mol. The van der Waals surface area contributed by atoms with Gasteiger partial charge in [0.05, 0.1) is 5.69 Å². The van der Waals surface area contributed by atoms with Crippen LogP contribution in [-0.2, 0) is 11.2 Å². The molecule has 0 atom stereocenters. The predicted octanol–water partition coefficient (Wildman–Crippen LogP) is 3.19. The van der Waals surface area contributed by atoms with Crippen LogP contribution in [0.25, 0.3) is 5.69 Å². The minimum atomic E-state index is 0.762. The summed E-state index contributed by atoms with van der Waals surface area (Å²) in [6.07, 6.45) is 4.09. The smallest absolute Gasteiger partial charge is 0.207 e. The van der Waals surface area contributed by atoms with E-state index in [2.05, 4.69) is 52.3 Å². The quantitative estimate of drug-likeness (QED) is 0.787. The van der Waals surface area contributed by atoms with E-state index >= 15 is 0 Å². The van der Waals surface area contributed by atoms with E-state index in [1.807, 2.05) is 6.92 Å². The lowest BCUT2D eigenvalue weighted by atomic mass is 10.1. The van der Waals surface area contributed by atoms with Gasteiger partial charge in [0.2, 0.25) is 5.95 Å². The van der Waals surface area contributed by atoms with Crippen molar-refractivity contribution < 1.29 is 4.74 Å². The molecule has 0 bridgehead atoms. The molecule has 0 unspecified atom stereocenters. The maximum Gasteiger partial charge on any atom is 0.207 e. The molecule has 1 aromatic heterocycles. The van der Waals surface area contributed by atoms with Gasteiger partial charge in [-0.2, -0.15) is 0 Å². The third-order valence-corrected chi connectivity index (χ3v) is 3.26. The van der Waals surface area contributed by atoms with Crippen molar-refractivity contribution in [2.45, 2.75) is 26.7 Å². The number of nitrogens with zero attached hydrogens (tertiary/aromatic N) is 2. The van der Waals surface area contributed by atoms with Crippen LogP contribution in [0.2, 0.25) is 0 Å². The van der Waals surface area contributed by atoms with Crippen molar-refractivity contribution in [2.24, 2.45) is 0 Å². The van der Waals surface area contributed by atoms with Gasteiger partial charge in [0.15, 0.2) is 0 Å². The Hall–Kier alpha value is -1.81. The van der Waals surface area contributed by atoms with Crippen LogP contribution in [0.15, 0.2) is 30.5 Å². The zero-order valence-electron chi connectivity index (χ0n) is 12.5. The van der Waals surface area contributed by atoms with Gasteiger partial charge in [-0.1, -0.05) is 19.1 Å². The van der Waals surface area contributed by atoms with Crippen LogP contribution < -0.4 is 5.32 Å². The van der Waals surface area contributed by atoms with E-state index in [0.29, 0.717) is 0 Å². The number of rotatable bonds is 7. The first-order valence-corrected chi connectivity index (χ1v) is 7.12. The van der Waals surface area contributed by atoms with Crippen LogP contribution in [0.1, 0.15) is 24.6 Å². The highest BCUT2D eigenvalue weighted by atomic mass is 16.5. The standard InChI is InChI=1S/C16H23N3O/c1-4-14-6-8-15(9-7-14)19-12-13(2)18-16(19)17-10-5-11-20-3/h6-9,12H,4-5,10-11H2,1-3H3,(H,17,18). The number of benzene rings is 1. The normalized spacial score (nSPS) is 10.8. The van der Waals surface area contributed by atoms with Gasteiger partial charge in [0, 0.05) is 32.1 Å². The first-order chi connectivity index (χ1) is 9.74. The fourth-order valence-corrected chi connectivity index (χ4v) is 2.13. The molecule has 0 saturated heterocycles. The molecule has 20 heavy (non-hydrogen) atoms. The molecule has 108 valence electrons. The Morgan fingerprint density at radius 1 is 1.25 bits per heavy atom. The minimum absolute atomic E-state index is 0.762. The fraction of sp³-hybridized carbons (Fsp3) is 0.438. The van der Waals surface area contributed by atoms with Crippen LogP contribution in [0, 0.1) is 6.92 Å². The van der Waals surface area contributed by atoms with E-state index in [4.69, 9.17) is 4.74 Å². The first-order valence-electron chi connectivity index (χ1n) is 7.12. The summed E-state index contributed by atoms with van der Waals surface area (Å²) in [4.78, 5) is 4.54. The van der Waals surface area contributed by atoms with Gasteiger partial charge in [0.1, 0.15) is 0 Å². The second-order valence-electron chi connectivity index (χ2n) is 4.87. The van der Waals surface area contributed by atoms with Gasteiger partial charge in [-0.15, -0.1) is 0 Å². The van der Waals surface area contributed by atoms with E-state index in [0.717, 1.165) is 43.3 Å². The highest BCUT2D eigenvalue weighted by molar-refractivity contribution is 5.44. The lowest BCUT2D eigenvalue weighted by Crippen LogP contribution is -2.09. The summed E-state index contributed by atoms with van der Waals surface area (Å²) in [6, 6.07) is 8.61. The van der Waals surface area contributed by atoms with E-state index < -0.39 is 0 Å². The topological polar surface area (TPSA) is 39.1 Å². The number of hydrogen-bond donors (Lipinski definition) is 1. The molecule has 2 rings (SSSR count). The molecule has 1 N–H and O–H groups in total. The number of nitrogens with one attached hydrogen (secondary N) is 1. The van der Waals surface area contributed by atoms with Crippen molar-refractivity contribution in [1.29, 1.82) is 0 Å². The number of methoxy groups -OCH3 is 1. The summed E-state index contributed by atoms with van der Waals surface area (Å²) in [6.45, 7) is 5.80. The largest absolute Gasteiger partial charge is 0.385 e. The van der Waals surface area contributed by atoms with Crippen molar-refractivity contribution in [3.05, 3.63) is 41.7 Å². The zero-order chi connectivity index (χ0) is 14.4. The van der Waals surface area contributed by atoms with Gasteiger partial charge >= 0.3 is 0 Å². The highest BCUT2D eigenvalue weighted by Crippen LogP contribution is 2.17. The number of hydrogen-bond acceptors (Lipinski definition) is 3. The average Bonchev–Trinajstić information content (AvgIpc) is 2.85. The minimum Gasteiger partial charge on any atom is -0.385 e. The van der Waals surface area contributed by atoms with E-state index in [1.54, 1.807) is 7.11 Å². The van der Waals surface area contributed by atoms with Crippen LogP contribution >= 0.6 is 0 Å². The van der Waals surface area contributed by atoms with E-state index in [9.17, 15) is 0 Å². The summed E-state index contributed by atoms with van der Waals surface area (Å²) in [5.41, 5.74) is 3.50. The van der Waals surface area contributed by atoms with Crippen molar-refractivity contribution in [2.75, 3.05) is 25.6 Å². The highest BCUT2D eigenvalue weighted by Gasteiger charge is 2.06. The SMILES string of the molecule is CCc1ccc(-n2cc(C)nc2NCCCOC)cc1. The number of anilines is 1. The molecule has 0 amide bonds. The van der Waals surface area contributed by atoms with Crippen LogP contribution in [0.4, 0.5) is 5.95 Å². The molecule has 1 heterocycles.